The van der Waals surface area contributed by atoms with Crippen LogP contribution in [-0.4, -0.2) is 19.5 Å². The van der Waals surface area contributed by atoms with E-state index in [4.69, 9.17) is 19.4 Å². The average molecular weight is 791 g/mol. The summed E-state index contributed by atoms with van der Waals surface area (Å²) in [6.07, 6.45) is 0. The molecular weight excluding hydrogens is 757 g/mol. The van der Waals surface area contributed by atoms with Gasteiger partial charge >= 0.3 is 0 Å². The third-order valence-corrected chi connectivity index (χ3v) is 12.4. The first kappa shape index (κ1) is 34.5. The van der Waals surface area contributed by atoms with Crippen LogP contribution in [0.4, 0.5) is 0 Å². The Bertz CT molecular complexity index is 3830. The standard InChI is InChI=1S/C57H34N4O/c1-3-15-35(16-4-1)46-34-51(61-49-31-39-21-9-7-19-37(39)29-47(49)48-30-38-20-8-10-22-40(38)32-50(48)61)42-23-11-12-25-45(42)54(46)57-59-55(36-17-5-2-6-18-36)58-56(60-57)41-27-28-44-43-24-13-14-26-52(43)62-53(44)33-41/h1-34H. The van der Waals surface area contributed by atoms with Crippen molar-refractivity contribution in [1.29, 1.82) is 0 Å². The fourth-order valence-electron chi connectivity index (χ4n) is 9.47. The van der Waals surface area contributed by atoms with Crippen LogP contribution in [0.5, 0.6) is 0 Å². The Balaban J connectivity index is 1.13. The third kappa shape index (κ3) is 5.38. The monoisotopic (exact) mass is 790 g/mol. The summed E-state index contributed by atoms with van der Waals surface area (Å²) < 4.78 is 8.83. The van der Waals surface area contributed by atoms with E-state index in [-0.39, 0.29) is 0 Å². The van der Waals surface area contributed by atoms with E-state index in [0.29, 0.717) is 17.5 Å². The van der Waals surface area contributed by atoms with Gasteiger partial charge in [-0.3, -0.25) is 0 Å². The van der Waals surface area contributed by atoms with Gasteiger partial charge in [0.05, 0.1) is 16.7 Å². The van der Waals surface area contributed by atoms with Crippen LogP contribution in [0.3, 0.4) is 0 Å². The smallest absolute Gasteiger partial charge is 0.165 e. The molecule has 0 atom stereocenters. The third-order valence-electron chi connectivity index (χ3n) is 12.4. The zero-order valence-electron chi connectivity index (χ0n) is 33.3. The van der Waals surface area contributed by atoms with Gasteiger partial charge < -0.3 is 8.98 Å². The lowest BCUT2D eigenvalue weighted by Gasteiger charge is -2.19. The fraction of sp³-hybridized carbons (Fsp3) is 0. The number of aromatic nitrogens is 4. The van der Waals surface area contributed by atoms with Crippen LogP contribution in [0, 0.1) is 0 Å². The minimum atomic E-state index is 0.574. The molecule has 0 bridgehead atoms. The van der Waals surface area contributed by atoms with Gasteiger partial charge in [0.2, 0.25) is 0 Å². The lowest BCUT2D eigenvalue weighted by atomic mass is 9.92. The summed E-state index contributed by atoms with van der Waals surface area (Å²) in [6.45, 7) is 0. The van der Waals surface area contributed by atoms with Crippen molar-refractivity contribution in [3.05, 3.63) is 206 Å². The SMILES string of the molecule is c1ccc(-c2nc(-c3ccc4c(c3)oc3ccccc34)nc(-c3c(-c4ccccc4)cc(-n4c5cc6ccccc6cc5c5cc6ccccc6cc54)c4ccccc34)n2)cc1. The van der Waals surface area contributed by atoms with Crippen LogP contribution in [0.15, 0.2) is 211 Å². The average Bonchev–Trinajstić information content (AvgIpc) is 3.86. The quantitative estimate of drug-likeness (QED) is 0.174. The van der Waals surface area contributed by atoms with Crippen LogP contribution in [0.1, 0.15) is 0 Å². The Hall–Kier alpha value is -8.41. The molecule has 288 valence electrons. The van der Waals surface area contributed by atoms with Crippen LogP contribution in [0.2, 0.25) is 0 Å². The number of para-hydroxylation sites is 1. The topological polar surface area (TPSA) is 56.7 Å². The highest BCUT2D eigenvalue weighted by atomic mass is 16.3. The Morgan fingerprint density at radius 3 is 1.48 bits per heavy atom. The molecule has 0 aliphatic carbocycles. The summed E-state index contributed by atoms with van der Waals surface area (Å²) in [6, 6.07) is 73.0. The van der Waals surface area contributed by atoms with Gasteiger partial charge in [0, 0.05) is 43.6 Å². The molecule has 0 saturated carbocycles. The van der Waals surface area contributed by atoms with E-state index in [1.54, 1.807) is 0 Å². The maximum Gasteiger partial charge on any atom is 0.165 e. The van der Waals surface area contributed by atoms with Crippen LogP contribution in [-0.2, 0) is 0 Å². The molecule has 0 radical (unpaired) electrons. The molecule has 0 amide bonds. The number of benzene rings is 10. The highest BCUT2D eigenvalue weighted by Crippen LogP contribution is 2.45. The Morgan fingerprint density at radius 2 is 0.823 bits per heavy atom. The first-order valence-corrected chi connectivity index (χ1v) is 20.9. The van der Waals surface area contributed by atoms with Crippen LogP contribution >= 0.6 is 0 Å². The summed E-state index contributed by atoms with van der Waals surface area (Å²) in [5, 5.41) is 11.5. The predicted octanol–water partition coefficient (Wildman–Crippen LogP) is 15.0. The zero-order valence-corrected chi connectivity index (χ0v) is 33.3. The van der Waals surface area contributed by atoms with Gasteiger partial charge in [-0.2, -0.15) is 0 Å². The summed E-state index contributed by atoms with van der Waals surface area (Å²) in [4.78, 5) is 15.9. The van der Waals surface area contributed by atoms with Gasteiger partial charge in [-0.15, -0.1) is 0 Å². The van der Waals surface area contributed by atoms with E-state index < -0.39 is 0 Å². The van der Waals surface area contributed by atoms with Crippen LogP contribution < -0.4 is 0 Å². The second kappa shape index (κ2) is 13.6. The van der Waals surface area contributed by atoms with Gasteiger partial charge in [0.25, 0.3) is 0 Å². The molecule has 0 unspecified atom stereocenters. The minimum Gasteiger partial charge on any atom is -0.456 e. The molecule has 0 saturated heterocycles. The molecule has 5 nitrogen and oxygen atoms in total. The number of rotatable bonds is 5. The van der Waals surface area contributed by atoms with Gasteiger partial charge in [-0.25, -0.2) is 15.0 Å². The van der Waals surface area contributed by atoms with Crippen molar-refractivity contribution in [2.24, 2.45) is 0 Å². The number of hydrogen-bond acceptors (Lipinski definition) is 4. The Morgan fingerprint density at radius 1 is 0.323 bits per heavy atom. The summed E-state index contributed by atoms with van der Waals surface area (Å²) in [7, 11) is 0. The van der Waals surface area contributed by atoms with Crippen molar-refractivity contribution < 1.29 is 4.42 Å². The van der Waals surface area contributed by atoms with E-state index in [0.717, 1.165) is 77.2 Å². The van der Waals surface area contributed by atoms with Gasteiger partial charge in [-0.1, -0.05) is 158 Å². The molecule has 0 fully saturated rings. The molecular formula is C57H34N4O. The van der Waals surface area contributed by atoms with Crippen molar-refractivity contribution >= 4 is 76.1 Å². The van der Waals surface area contributed by atoms with Gasteiger partial charge in [0.1, 0.15) is 11.2 Å². The molecule has 62 heavy (non-hydrogen) atoms. The van der Waals surface area contributed by atoms with E-state index in [9.17, 15) is 0 Å². The maximum atomic E-state index is 6.36. The lowest BCUT2D eigenvalue weighted by Crippen LogP contribution is -2.03. The molecule has 0 spiro atoms. The van der Waals surface area contributed by atoms with Gasteiger partial charge in [-0.05, 0) is 86.6 Å². The molecule has 13 aromatic rings. The summed E-state index contributed by atoms with van der Waals surface area (Å²) in [5.41, 5.74) is 9.83. The fourth-order valence-corrected chi connectivity index (χ4v) is 9.47. The summed E-state index contributed by atoms with van der Waals surface area (Å²) in [5.74, 6) is 1.77. The van der Waals surface area contributed by atoms with Crippen molar-refractivity contribution in [1.82, 2.24) is 19.5 Å². The van der Waals surface area contributed by atoms with E-state index in [1.807, 2.05) is 36.4 Å². The second-order valence-electron chi connectivity index (χ2n) is 16.0. The zero-order chi connectivity index (χ0) is 40.7. The molecule has 5 heteroatoms. The van der Waals surface area contributed by atoms with Crippen molar-refractivity contribution in [3.8, 4) is 51.0 Å². The van der Waals surface area contributed by atoms with Gasteiger partial charge in [0.15, 0.2) is 17.5 Å². The van der Waals surface area contributed by atoms with E-state index >= 15 is 0 Å². The second-order valence-corrected chi connectivity index (χ2v) is 16.0. The molecule has 13 rings (SSSR count). The normalized spacial score (nSPS) is 11.9. The molecule has 0 aliphatic rings. The lowest BCUT2D eigenvalue weighted by molar-refractivity contribution is 0.669. The number of hydrogen-bond donors (Lipinski definition) is 0. The largest absolute Gasteiger partial charge is 0.456 e. The van der Waals surface area contributed by atoms with E-state index in [1.165, 1.54) is 32.3 Å². The summed E-state index contributed by atoms with van der Waals surface area (Å²) >= 11 is 0. The molecule has 3 aromatic heterocycles. The maximum absolute atomic E-state index is 6.36. The Labute approximate surface area is 355 Å². The number of nitrogens with zero attached hydrogens (tertiary/aromatic N) is 4. The molecule has 0 N–H and O–H groups in total. The highest BCUT2D eigenvalue weighted by molar-refractivity contribution is 6.18. The first-order chi connectivity index (χ1) is 30.7. The Kier molecular flexibility index (Phi) is 7.54. The first-order valence-electron chi connectivity index (χ1n) is 20.9. The number of furan rings is 1. The van der Waals surface area contributed by atoms with Crippen molar-refractivity contribution in [3.63, 3.8) is 0 Å². The number of fused-ring (bicyclic) bond motifs is 9. The highest BCUT2D eigenvalue weighted by Gasteiger charge is 2.24. The predicted molar refractivity (Wildman–Crippen MR) is 256 cm³/mol. The van der Waals surface area contributed by atoms with Crippen molar-refractivity contribution in [2.45, 2.75) is 0 Å². The van der Waals surface area contributed by atoms with Crippen molar-refractivity contribution in [2.75, 3.05) is 0 Å². The molecule has 0 aliphatic heterocycles. The minimum absolute atomic E-state index is 0.574. The molecule has 3 heterocycles. The molecule has 10 aromatic carbocycles. The van der Waals surface area contributed by atoms with Crippen LogP contribution in [0.25, 0.3) is 127 Å². The van der Waals surface area contributed by atoms with E-state index in [2.05, 4.69) is 174 Å².